The Labute approximate surface area is 117 Å². The SMILES string of the molecule is Cc1nc(C2Cc3ccccc3O2)[nH]c(=O)c1C(C)C. The van der Waals surface area contributed by atoms with Gasteiger partial charge in [0, 0.05) is 17.7 Å². The number of para-hydroxylation sites is 1. The van der Waals surface area contributed by atoms with Crippen molar-refractivity contribution in [1.29, 1.82) is 0 Å². The van der Waals surface area contributed by atoms with Crippen LogP contribution in [0.2, 0.25) is 0 Å². The summed E-state index contributed by atoms with van der Waals surface area (Å²) in [6, 6.07) is 7.93. The molecule has 1 aromatic heterocycles. The van der Waals surface area contributed by atoms with Gasteiger partial charge < -0.3 is 9.72 Å². The Balaban J connectivity index is 1.96. The van der Waals surface area contributed by atoms with Crippen LogP contribution in [0.25, 0.3) is 0 Å². The number of aryl methyl sites for hydroxylation is 1. The lowest BCUT2D eigenvalue weighted by molar-refractivity contribution is 0.226. The first-order valence-electron chi connectivity index (χ1n) is 6.91. The standard InChI is InChI=1S/C16H18N2O2/c1-9(2)14-10(3)17-15(18-16(14)19)13-8-11-6-4-5-7-12(11)20-13/h4-7,9,13H,8H2,1-3H3,(H,17,18,19). The van der Waals surface area contributed by atoms with Crippen molar-refractivity contribution >= 4 is 0 Å². The topological polar surface area (TPSA) is 55.0 Å². The summed E-state index contributed by atoms with van der Waals surface area (Å²) in [5, 5.41) is 0. The van der Waals surface area contributed by atoms with Crippen LogP contribution in [0.4, 0.5) is 0 Å². The molecule has 1 aliphatic heterocycles. The van der Waals surface area contributed by atoms with Crippen LogP contribution in [0.1, 0.15) is 48.5 Å². The molecule has 0 spiro atoms. The van der Waals surface area contributed by atoms with Gasteiger partial charge in [-0.3, -0.25) is 4.79 Å². The summed E-state index contributed by atoms with van der Waals surface area (Å²) in [6.45, 7) is 5.89. The number of aromatic nitrogens is 2. The highest BCUT2D eigenvalue weighted by Gasteiger charge is 2.26. The van der Waals surface area contributed by atoms with Gasteiger partial charge in [0.2, 0.25) is 0 Å². The molecule has 104 valence electrons. The molecule has 4 nitrogen and oxygen atoms in total. The van der Waals surface area contributed by atoms with Crippen molar-refractivity contribution < 1.29 is 4.74 Å². The summed E-state index contributed by atoms with van der Waals surface area (Å²) in [6.07, 6.45) is 0.555. The summed E-state index contributed by atoms with van der Waals surface area (Å²) in [7, 11) is 0. The number of ether oxygens (including phenoxy) is 1. The van der Waals surface area contributed by atoms with Gasteiger partial charge in [-0.05, 0) is 24.5 Å². The zero-order chi connectivity index (χ0) is 14.3. The van der Waals surface area contributed by atoms with Crippen LogP contribution in [-0.4, -0.2) is 9.97 Å². The molecule has 1 unspecified atom stereocenters. The summed E-state index contributed by atoms with van der Waals surface area (Å²) in [4.78, 5) is 19.6. The molecular formula is C16H18N2O2. The molecule has 2 aromatic rings. The van der Waals surface area contributed by atoms with Gasteiger partial charge >= 0.3 is 0 Å². The van der Waals surface area contributed by atoms with Crippen LogP contribution in [0.15, 0.2) is 29.1 Å². The maximum atomic E-state index is 12.2. The van der Waals surface area contributed by atoms with Crippen LogP contribution in [0.5, 0.6) is 5.75 Å². The van der Waals surface area contributed by atoms with Crippen LogP contribution in [0, 0.1) is 6.92 Å². The molecule has 0 aliphatic carbocycles. The quantitative estimate of drug-likeness (QED) is 0.913. The second-order valence-corrected chi connectivity index (χ2v) is 5.52. The predicted molar refractivity (Wildman–Crippen MR) is 77.2 cm³/mol. The lowest BCUT2D eigenvalue weighted by Gasteiger charge is -2.13. The van der Waals surface area contributed by atoms with Crippen molar-refractivity contribution in [2.75, 3.05) is 0 Å². The fraction of sp³-hybridized carbons (Fsp3) is 0.375. The minimum absolute atomic E-state index is 0.0537. The first-order valence-corrected chi connectivity index (χ1v) is 6.91. The largest absolute Gasteiger partial charge is 0.482 e. The molecule has 2 heterocycles. The van der Waals surface area contributed by atoms with Gasteiger partial charge in [-0.2, -0.15) is 0 Å². The van der Waals surface area contributed by atoms with Crippen LogP contribution >= 0.6 is 0 Å². The van der Waals surface area contributed by atoms with E-state index in [4.69, 9.17) is 4.74 Å². The normalized spacial score (nSPS) is 17.1. The minimum atomic E-state index is -0.194. The average Bonchev–Trinajstić information content (AvgIpc) is 2.81. The number of benzene rings is 1. The summed E-state index contributed by atoms with van der Waals surface area (Å²) < 4.78 is 5.87. The Kier molecular flexibility index (Phi) is 3.08. The highest BCUT2D eigenvalue weighted by atomic mass is 16.5. The fourth-order valence-corrected chi connectivity index (χ4v) is 2.78. The number of fused-ring (bicyclic) bond motifs is 1. The van der Waals surface area contributed by atoms with E-state index in [0.29, 0.717) is 5.82 Å². The molecule has 20 heavy (non-hydrogen) atoms. The van der Waals surface area contributed by atoms with Gasteiger partial charge in [-0.25, -0.2) is 4.98 Å². The lowest BCUT2D eigenvalue weighted by atomic mass is 10.0. The van der Waals surface area contributed by atoms with Gasteiger partial charge in [-0.15, -0.1) is 0 Å². The van der Waals surface area contributed by atoms with Gasteiger partial charge in [0.25, 0.3) is 5.56 Å². The Morgan fingerprint density at radius 1 is 1.35 bits per heavy atom. The van der Waals surface area contributed by atoms with E-state index in [0.717, 1.165) is 29.0 Å². The van der Waals surface area contributed by atoms with E-state index in [1.165, 1.54) is 0 Å². The molecule has 0 bridgehead atoms. The summed E-state index contributed by atoms with van der Waals surface area (Å²) >= 11 is 0. The first-order chi connectivity index (χ1) is 9.56. The van der Waals surface area contributed by atoms with Gasteiger partial charge in [0.05, 0.1) is 0 Å². The Morgan fingerprint density at radius 2 is 2.10 bits per heavy atom. The highest BCUT2D eigenvalue weighted by molar-refractivity contribution is 5.38. The number of hydrogen-bond acceptors (Lipinski definition) is 3. The Hall–Kier alpha value is -2.10. The van der Waals surface area contributed by atoms with Crippen molar-refractivity contribution in [2.45, 2.75) is 39.2 Å². The number of nitrogens with zero attached hydrogens (tertiary/aromatic N) is 1. The van der Waals surface area contributed by atoms with Crippen molar-refractivity contribution in [1.82, 2.24) is 9.97 Å². The molecule has 0 radical (unpaired) electrons. The zero-order valence-electron chi connectivity index (χ0n) is 11.9. The average molecular weight is 270 g/mol. The first kappa shape index (κ1) is 12.9. The molecule has 4 heteroatoms. The Morgan fingerprint density at radius 3 is 2.75 bits per heavy atom. The van der Waals surface area contributed by atoms with E-state index in [2.05, 4.69) is 9.97 Å². The molecule has 1 aliphatic rings. The molecule has 0 saturated heterocycles. The van der Waals surface area contributed by atoms with Crippen LogP contribution in [-0.2, 0) is 6.42 Å². The molecule has 1 aromatic carbocycles. The molecule has 0 amide bonds. The van der Waals surface area contributed by atoms with Crippen molar-refractivity contribution in [3.05, 3.63) is 57.3 Å². The summed E-state index contributed by atoms with van der Waals surface area (Å²) in [5.74, 6) is 1.67. The number of aromatic amines is 1. The third-order valence-electron chi connectivity index (χ3n) is 3.69. The lowest BCUT2D eigenvalue weighted by Crippen LogP contribution is -2.22. The van der Waals surface area contributed by atoms with Crippen molar-refractivity contribution in [3.8, 4) is 5.75 Å². The maximum absolute atomic E-state index is 12.2. The zero-order valence-corrected chi connectivity index (χ0v) is 11.9. The van der Waals surface area contributed by atoms with Crippen LogP contribution < -0.4 is 10.3 Å². The molecule has 1 atom stereocenters. The van der Waals surface area contributed by atoms with Crippen LogP contribution in [0.3, 0.4) is 0 Å². The van der Waals surface area contributed by atoms with Crippen molar-refractivity contribution in [3.63, 3.8) is 0 Å². The number of rotatable bonds is 2. The van der Waals surface area contributed by atoms with Crippen molar-refractivity contribution in [2.24, 2.45) is 0 Å². The Bertz CT molecular complexity index is 679. The predicted octanol–water partition coefficient (Wildman–Crippen LogP) is 2.88. The minimum Gasteiger partial charge on any atom is -0.482 e. The molecule has 0 fully saturated rings. The molecule has 1 N–H and O–H groups in total. The van der Waals surface area contributed by atoms with Gasteiger partial charge in [0.15, 0.2) is 11.9 Å². The smallest absolute Gasteiger partial charge is 0.254 e. The monoisotopic (exact) mass is 270 g/mol. The highest BCUT2D eigenvalue weighted by Crippen LogP contribution is 2.34. The summed E-state index contributed by atoms with van der Waals surface area (Å²) in [5.41, 5.74) is 2.65. The fourth-order valence-electron chi connectivity index (χ4n) is 2.78. The van der Waals surface area contributed by atoms with E-state index < -0.39 is 0 Å². The van der Waals surface area contributed by atoms with E-state index in [-0.39, 0.29) is 17.6 Å². The third-order valence-corrected chi connectivity index (χ3v) is 3.69. The second kappa shape index (κ2) is 4.78. The van der Waals surface area contributed by atoms with Gasteiger partial charge in [-0.1, -0.05) is 32.0 Å². The van der Waals surface area contributed by atoms with E-state index >= 15 is 0 Å². The molecule has 3 rings (SSSR count). The van der Waals surface area contributed by atoms with Gasteiger partial charge in [0.1, 0.15) is 5.75 Å². The molecular weight excluding hydrogens is 252 g/mol. The number of hydrogen-bond donors (Lipinski definition) is 1. The van der Waals surface area contributed by atoms with E-state index in [1.807, 2.05) is 45.0 Å². The maximum Gasteiger partial charge on any atom is 0.254 e. The number of H-pyrrole nitrogens is 1. The third kappa shape index (κ3) is 2.11. The van der Waals surface area contributed by atoms with E-state index in [9.17, 15) is 4.79 Å². The van der Waals surface area contributed by atoms with E-state index in [1.54, 1.807) is 0 Å². The second-order valence-electron chi connectivity index (χ2n) is 5.52. The molecule has 0 saturated carbocycles. The number of nitrogens with one attached hydrogen (secondary N) is 1.